The number of anilines is 3. The van der Waals surface area contributed by atoms with E-state index < -0.39 is 0 Å². The SMILES string of the molecule is CC(C)(C)n1c2c(-c3ccccc3)cccc2c2cccc(-c3ccccc3)c21.CC(C)(C)n1cccc1.CC(C)N(C(C)C)C(C)C.CC(C)N(C)c1ccccc1.CC(C)N(c1ccccc1)c1ccccc1.CC(C)N1C(C)(C)CCCC1(C)C.CN(C)C(C)(C)C.Cc1ccc(C)n1C(C)(C)C.Cc1ccc(C)n1C(C)(C)C. The first kappa shape index (κ1) is 101. The molecule has 1 aliphatic heterocycles. The highest BCUT2D eigenvalue weighted by molar-refractivity contribution is 6.16. The quantitative estimate of drug-likeness (QED) is 0.129. The maximum atomic E-state index is 2.68. The van der Waals surface area contributed by atoms with Gasteiger partial charge < -0.3 is 33.0 Å². The van der Waals surface area contributed by atoms with Gasteiger partial charge in [-0.05, 0) is 360 Å². The molecule has 9 nitrogen and oxygen atoms in total. The van der Waals surface area contributed by atoms with Crippen LogP contribution in [-0.4, -0.2) is 107 Å². The second kappa shape index (κ2) is 44.6. The summed E-state index contributed by atoms with van der Waals surface area (Å²) in [7, 11) is 6.28. The molecule has 0 unspecified atom stereocenters. The van der Waals surface area contributed by atoms with E-state index >= 15 is 0 Å². The molecule has 0 N–H and O–H groups in total. The first-order valence-electron chi connectivity index (χ1n) is 43.7. The Morgan fingerprint density at radius 3 is 0.821 bits per heavy atom. The van der Waals surface area contributed by atoms with Crippen LogP contribution in [-0.2, 0) is 22.2 Å². The number of benzene rings is 7. The molecule has 11 aromatic rings. The lowest BCUT2D eigenvalue weighted by molar-refractivity contribution is -0.0508. The van der Waals surface area contributed by atoms with E-state index in [0.29, 0.717) is 52.9 Å². The average molecular weight is 1590 g/mol. The number of likely N-dealkylation sites (tertiary alicyclic amines) is 1. The lowest BCUT2D eigenvalue weighted by Crippen LogP contribution is -2.61. The molecule has 0 saturated carbocycles. The molecule has 0 spiro atoms. The molecule has 117 heavy (non-hydrogen) atoms. The van der Waals surface area contributed by atoms with E-state index in [9.17, 15) is 0 Å². The van der Waals surface area contributed by atoms with Crippen LogP contribution in [0.3, 0.4) is 0 Å². The van der Waals surface area contributed by atoms with Crippen LogP contribution >= 0.6 is 0 Å². The van der Waals surface area contributed by atoms with Crippen molar-refractivity contribution in [2.24, 2.45) is 0 Å². The van der Waals surface area contributed by atoms with Crippen LogP contribution in [0.1, 0.15) is 257 Å². The summed E-state index contributed by atoms with van der Waals surface area (Å²) in [5, 5.41) is 2.63. The second-order valence-electron chi connectivity index (χ2n) is 40.1. The van der Waals surface area contributed by atoms with Crippen LogP contribution in [0.25, 0.3) is 44.1 Å². The van der Waals surface area contributed by atoms with Crippen molar-refractivity contribution in [3.8, 4) is 22.3 Å². The molecule has 1 fully saturated rings. The minimum Gasteiger partial charge on any atom is -0.372 e. The Morgan fingerprint density at radius 1 is 0.316 bits per heavy atom. The van der Waals surface area contributed by atoms with Gasteiger partial charge in [0, 0.05) is 156 Å². The van der Waals surface area contributed by atoms with E-state index in [1.807, 2.05) is 30.3 Å². The topological polar surface area (TPSA) is 35.9 Å². The van der Waals surface area contributed by atoms with E-state index in [1.54, 1.807) is 0 Å². The molecular formula is C108H165N9. The third-order valence-corrected chi connectivity index (χ3v) is 22.0. The van der Waals surface area contributed by atoms with Crippen LogP contribution in [0.2, 0.25) is 0 Å². The third-order valence-electron chi connectivity index (χ3n) is 22.0. The molecule has 0 atom stereocenters. The zero-order chi connectivity index (χ0) is 88.5. The highest BCUT2D eigenvalue weighted by Crippen LogP contribution is 2.44. The average Bonchev–Trinajstić information content (AvgIpc) is 1.57. The maximum absolute atomic E-state index is 2.68. The Kier molecular flexibility index (Phi) is 38.5. The number of para-hydroxylation sites is 5. The van der Waals surface area contributed by atoms with E-state index in [-0.39, 0.29) is 22.2 Å². The van der Waals surface area contributed by atoms with Gasteiger partial charge in [-0.15, -0.1) is 0 Å². The zero-order valence-electron chi connectivity index (χ0n) is 81.1. The Balaban J connectivity index is 0.000000288. The van der Waals surface area contributed by atoms with Gasteiger partial charge in [0.1, 0.15) is 0 Å². The van der Waals surface area contributed by atoms with E-state index in [0.717, 1.165) is 0 Å². The summed E-state index contributed by atoms with van der Waals surface area (Å²) < 4.78 is 9.44. The summed E-state index contributed by atoms with van der Waals surface area (Å²) in [6.45, 7) is 78.5. The number of fused-ring (bicyclic) bond motifs is 3. The summed E-state index contributed by atoms with van der Waals surface area (Å²) in [5.41, 5.74) is 18.6. The van der Waals surface area contributed by atoms with Gasteiger partial charge in [-0.2, -0.15) is 0 Å². The first-order valence-corrected chi connectivity index (χ1v) is 43.7. The van der Waals surface area contributed by atoms with Gasteiger partial charge in [-0.3, -0.25) is 9.80 Å². The van der Waals surface area contributed by atoms with Crippen molar-refractivity contribution in [1.29, 1.82) is 0 Å². The molecule has 12 rings (SSSR count). The highest BCUT2D eigenvalue weighted by Gasteiger charge is 2.42. The van der Waals surface area contributed by atoms with Crippen molar-refractivity contribution in [3.63, 3.8) is 0 Å². The molecule has 1 saturated heterocycles. The number of hydrogen-bond donors (Lipinski definition) is 0. The number of aryl methyl sites for hydroxylation is 4. The summed E-state index contributed by atoms with van der Waals surface area (Å²) in [4.78, 5) is 12.0. The van der Waals surface area contributed by atoms with Crippen LogP contribution in [0.4, 0.5) is 17.1 Å². The normalized spacial score (nSPS) is 13.5. The maximum Gasteiger partial charge on any atom is 0.0576 e. The minimum absolute atomic E-state index is 0.0598. The van der Waals surface area contributed by atoms with Gasteiger partial charge in [0.05, 0.1) is 11.0 Å². The fourth-order valence-electron chi connectivity index (χ4n) is 16.8. The summed E-state index contributed by atoms with van der Waals surface area (Å²) >= 11 is 0. The fraction of sp³-hybridized carbons (Fsp3) is 0.500. The molecule has 642 valence electrons. The molecular weight excluding hydrogens is 1420 g/mol. The predicted octanol–water partition coefficient (Wildman–Crippen LogP) is 29.9. The smallest absolute Gasteiger partial charge is 0.0576 e. The Morgan fingerprint density at radius 2 is 0.607 bits per heavy atom. The lowest BCUT2D eigenvalue weighted by atomic mass is 9.79. The van der Waals surface area contributed by atoms with Crippen molar-refractivity contribution in [2.75, 3.05) is 30.9 Å². The molecule has 9 heteroatoms. The van der Waals surface area contributed by atoms with Gasteiger partial charge >= 0.3 is 0 Å². The molecule has 0 aliphatic carbocycles. The zero-order valence-corrected chi connectivity index (χ0v) is 81.1. The molecule has 0 bridgehead atoms. The largest absolute Gasteiger partial charge is 0.372 e. The van der Waals surface area contributed by atoms with Crippen molar-refractivity contribution in [2.45, 2.75) is 337 Å². The van der Waals surface area contributed by atoms with Crippen molar-refractivity contribution in [3.05, 3.63) is 260 Å². The second-order valence-corrected chi connectivity index (χ2v) is 40.1. The van der Waals surface area contributed by atoms with E-state index in [1.165, 1.54) is 103 Å². The highest BCUT2D eigenvalue weighted by atomic mass is 15.3. The van der Waals surface area contributed by atoms with Crippen LogP contribution in [0.15, 0.2) is 237 Å². The van der Waals surface area contributed by atoms with Gasteiger partial charge in [0.2, 0.25) is 0 Å². The Bertz CT molecular complexity index is 4280. The third kappa shape index (κ3) is 30.5. The molecule has 1 aliphatic rings. The predicted molar refractivity (Wildman–Crippen MR) is 522 cm³/mol. The Hall–Kier alpha value is -8.34. The standard InChI is InChI=1S/C28H25N.C15H17N.C12H25N.2C10H17N.C10H15N.C9H21N.C8H13N.C6H15N/c1-28(2,3)29-26-22(20-12-6-4-7-13-20)16-10-18-24(26)25-19-11-17-23(27(25)29)21-14-8-5-9-15-21;1-13(2)16(14-9-5-3-6-10-14)15-11-7-4-8-12-15;1-10(2)13-11(3,4)8-7-9-12(13,5)6;2*1-8-6-7-9(2)11(8)10(3,4)5;1-9(2)11(3)10-7-5-4-6-8-10;1-7(2)10(8(3)4)9(5)6;1-8(2,3)9-6-4-5-7-9;1-6(2,3)7(4)5/h4-19H,1-3H3;3-13H,1-2H3;10H,7-9H2,1-6H3;2*6-7H,1-5H3;4-9H,1-3H3;7-9H,1-6H3;4-7H,1-3H3;1-5H3. The lowest BCUT2D eigenvalue weighted by Gasteiger charge is -2.55. The summed E-state index contributed by atoms with van der Waals surface area (Å²) in [5.74, 6) is 0. The summed E-state index contributed by atoms with van der Waals surface area (Å²) in [6, 6.07) is 82.7. The number of hydrogen-bond acceptors (Lipinski definition) is 5. The van der Waals surface area contributed by atoms with Crippen molar-refractivity contribution in [1.82, 2.24) is 33.0 Å². The van der Waals surface area contributed by atoms with Crippen LogP contribution in [0, 0.1) is 27.7 Å². The van der Waals surface area contributed by atoms with Crippen LogP contribution < -0.4 is 9.80 Å². The number of nitrogens with zero attached hydrogens (tertiary/aromatic N) is 9. The molecule has 5 heterocycles. The number of aromatic nitrogens is 4. The van der Waals surface area contributed by atoms with E-state index in [4.69, 9.17) is 0 Å². The van der Waals surface area contributed by atoms with Crippen molar-refractivity contribution < 1.29 is 0 Å². The minimum atomic E-state index is -0.0598. The molecule has 4 aromatic heterocycles. The molecule has 0 amide bonds. The van der Waals surface area contributed by atoms with Crippen LogP contribution in [0.5, 0.6) is 0 Å². The van der Waals surface area contributed by atoms with E-state index in [2.05, 4.69) is 513 Å². The summed E-state index contributed by atoms with van der Waals surface area (Å²) in [6.07, 6.45) is 8.23. The number of piperidine rings is 1. The first-order chi connectivity index (χ1) is 54.2. The molecule has 0 radical (unpaired) electrons. The van der Waals surface area contributed by atoms with Crippen molar-refractivity contribution >= 4 is 38.9 Å². The monoisotopic (exact) mass is 1590 g/mol. The van der Waals surface area contributed by atoms with Gasteiger partial charge in [-0.1, -0.05) is 152 Å². The number of rotatable bonds is 11. The molecule has 7 aromatic carbocycles. The Labute approximate surface area is 716 Å². The fourth-order valence-corrected chi connectivity index (χ4v) is 16.8. The van der Waals surface area contributed by atoms with Gasteiger partial charge in [-0.25, -0.2) is 0 Å². The van der Waals surface area contributed by atoms with Gasteiger partial charge in [0.25, 0.3) is 0 Å². The van der Waals surface area contributed by atoms with Gasteiger partial charge in [0.15, 0.2) is 0 Å².